The first-order chi connectivity index (χ1) is 7.91. The molecule has 0 fully saturated rings. The van der Waals surface area contributed by atoms with Gasteiger partial charge in [0.2, 0.25) is 0 Å². The van der Waals surface area contributed by atoms with Gasteiger partial charge >= 0.3 is 0 Å². The summed E-state index contributed by atoms with van der Waals surface area (Å²) in [5.41, 5.74) is 0. The summed E-state index contributed by atoms with van der Waals surface area (Å²) in [5, 5.41) is 0. The maximum Gasteiger partial charge on any atom is 0.0827 e. The highest BCUT2D eigenvalue weighted by Crippen LogP contribution is 2.11. The minimum Gasteiger partial charge on any atom is -0.216 e. The molecule has 0 aliphatic rings. The molecule has 0 N–H and O–H groups in total. The number of rotatable bonds is 12. The lowest BCUT2D eigenvalue weighted by atomic mass is 10.1. The lowest BCUT2D eigenvalue weighted by Crippen LogP contribution is -1.81. The van der Waals surface area contributed by atoms with Crippen LogP contribution in [-0.4, -0.2) is 0 Å². The van der Waals surface area contributed by atoms with E-state index in [0.717, 1.165) is 12.8 Å². The van der Waals surface area contributed by atoms with Crippen LogP contribution in [0.2, 0.25) is 0 Å². The van der Waals surface area contributed by atoms with Crippen molar-refractivity contribution in [2.75, 3.05) is 0 Å². The molecule has 0 bridgehead atoms. The van der Waals surface area contributed by atoms with Crippen molar-refractivity contribution in [2.45, 2.75) is 84.0 Å². The molecule has 0 amide bonds. The van der Waals surface area contributed by atoms with Crippen molar-refractivity contribution in [1.29, 1.82) is 0 Å². The highest BCUT2D eigenvalue weighted by molar-refractivity contribution is 4.71. The second-order valence-electron chi connectivity index (χ2n) is 4.69. The average molecular weight is 228 g/mol. The van der Waals surface area contributed by atoms with Gasteiger partial charge in [-0.05, 0) is 12.8 Å². The van der Waals surface area contributed by atoms with Gasteiger partial charge < -0.3 is 0 Å². The molecular weight excluding hydrogens is 199 g/mol. The third-order valence-electron chi connectivity index (χ3n) is 3.06. The normalized spacial score (nSPS) is 11.4. The van der Waals surface area contributed by atoms with Crippen molar-refractivity contribution in [2.24, 2.45) is 0 Å². The fourth-order valence-electron chi connectivity index (χ4n) is 1.99. The molecule has 0 unspecified atom stereocenters. The first-order valence-corrected chi connectivity index (χ1v) is 7.17. The summed E-state index contributed by atoms with van der Waals surface area (Å²) < 4.78 is 11.6. The van der Waals surface area contributed by atoms with Gasteiger partial charge in [0.05, 0.1) is 6.33 Å². The van der Waals surface area contributed by atoms with Crippen molar-refractivity contribution in [3.05, 3.63) is 12.4 Å². The monoisotopic (exact) mass is 228 g/mol. The number of unbranched alkanes of at least 4 members (excludes halogenated alkanes) is 11. The van der Waals surface area contributed by atoms with Crippen molar-refractivity contribution < 1.29 is 4.39 Å². The molecule has 0 heterocycles. The average Bonchev–Trinajstić information content (AvgIpc) is 2.31. The summed E-state index contributed by atoms with van der Waals surface area (Å²) in [5.74, 6) is 0. The molecule has 0 saturated carbocycles. The zero-order valence-corrected chi connectivity index (χ0v) is 11.0. The Labute approximate surface area is 101 Å². The van der Waals surface area contributed by atoms with Gasteiger partial charge in [-0.3, -0.25) is 0 Å². The molecule has 1 heteroatoms. The van der Waals surface area contributed by atoms with Crippen LogP contribution in [0.15, 0.2) is 12.4 Å². The summed E-state index contributed by atoms with van der Waals surface area (Å²) >= 11 is 0. The van der Waals surface area contributed by atoms with Crippen LogP contribution >= 0.6 is 0 Å². The highest BCUT2D eigenvalue weighted by atomic mass is 19.1. The molecule has 16 heavy (non-hydrogen) atoms. The van der Waals surface area contributed by atoms with Gasteiger partial charge in [0.15, 0.2) is 0 Å². The van der Waals surface area contributed by atoms with Crippen LogP contribution in [0.25, 0.3) is 0 Å². The van der Waals surface area contributed by atoms with E-state index in [-0.39, 0.29) is 0 Å². The van der Waals surface area contributed by atoms with Crippen molar-refractivity contribution in [3.63, 3.8) is 0 Å². The third-order valence-corrected chi connectivity index (χ3v) is 3.06. The van der Waals surface area contributed by atoms with E-state index in [1.54, 1.807) is 6.08 Å². The first-order valence-electron chi connectivity index (χ1n) is 7.17. The molecule has 0 saturated heterocycles. The second kappa shape index (κ2) is 14.7. The maximum absolute atomic E-state index is 11.6. The molecule has 0 aliphatic carbocycles. The van der Waals surface area contributed by atoms with E-state index in [0.29, 0.717) is 6.33 Å². The van der Waals surface area contributed by atoms with Gasteiger partial charge in [-0.1, -0.05) is 77.2 Å². The minimum absolute atomic E-state index is 0.663. The molecule has 96 valence electrons. The molecule has 0 aromatic heterocycles. The Hall–Kier alpha value is -0.330. The van der Waals surface area contributed by atoms with Crippen LogP contribution < -0.4 is 0 Å². The summed E-state index contributed by atoms with van der Waals surface area (Å²) in [7, 11) is 0. The Bertz CT molecular complexity index is 140. The lowest BCUT2D eigenvalue weighted by Gasteiger charge is -2.01. The fraction of sp³-hybridized carbons (Fsp3) is 0.867. The smallest absolute Gasteiger partial charge is 0.0827 e. The number of hydrogen-bond acceptors (Lipinski definition) is 0. The Morgan fingerprint density at radius 3 is 1.56 bits per heavy atom. The zero-order valence-electron chi connectivity index (χ0n) is 11.0. The van der Waals surface area contributed by atoms with Crippen LogP contribution in [0.5, 0.6) is 0 Å². The molecule has 0 radical (unpaired) electrons. The second-order valence-corrected chi connectivity index (χ2v) is 4.69. The summed E-state index contributed by atoms with van der Waals surface area (Å²) in [6.07, 6.45) is 18.1. The number of allylic oxidation sites excluding steroid dienone is 1. The van der Waals surface area contributed by atoms with E-state index >= 15 is 0 Å². The van der Waals surface area contributed by atoms with Crippen molar-refractivity contribution in [3.8, 4) is 0 Å². The standard InChI is InChI=1S/C15H29F/c1-2-3-4-5-6-7-8-9-10-11-12-13-14-15-16/h14-15H,2-13H2,1H3/b15-14-. The summed E-state index contributed by atoms with van der Waals surface area (Å²) in [4.78, 5) is 0. The SMILES string of the molecule is CCCCCCCCCCCCC/C=C\F. The Kier molecular flexibility index (Phi) is 14.4. The van der Waals surface area contributed by atoms with E-state index in [1.165, 1.54) is 64.2 Å². The highest BCUT2D eigenvalue weighted by Gasteiger charge is 1.92. The Balaban J connectivity index is 2.88. The lowest BCUT2D eigenvalue weighted by molar-refractivity contribution is 0.550. The number of hydrogen-bond donors (Lipinski definition) is 0. The van der Waals surface area contributed by atoms with E-state index in [2.05, 4.69) is 6.92 Å². The number of halogens is 1. The van der Waals surface area contributed by atoms with Gasteiger partial charge in [-0.25, -0.2) is 4.39 Å². The molecule has 0 aliphatic heterocycles. The predicted molar refractivity (Wildman–Crippen MR) is 71.3 cm³/mol. The Morgan fingerprint density at radius 2 is 1.12 bits per heavy atom. The quantitative estimate of drug-likeness (QED) is 0.350. The first kappa shape index (κ1) is 15.7. The van der Waals surface area contributed by atoms with Crippen molar-refractivity contribution in [1.82, 2.24) is 0 Å². The van der Waals surface area contributed by atoms with Crippen LogP contribution in [0.3, 0.4) is 0 Å². The summed E-state index contributed by atoms with van der Waals surface area (Å²) in [6.45, 7) is 2.26. The molecule has 0 atom stereocenters. The van der Waals surface area contributed by atoms with Gasteiger partial charge in [0, 0.05) is 0 Å². The van der Waals surface area contributed by atoms with Gasteiger partial charge in [-0.2, -0.15) is 0 Å². The molecule has 0 aromatic carbocycles. The van der Waals surface area contributed by atoms with E-state index < -0.39 is 0 Å². The molecular formula is C15H29F. The maximum atomic E-state index is 11.6. The predicted octanol–water partition coefficient (Wildman–Crippen LogP) is 6.17. The van der Waals surface area contributed by atoms with E-state index in [9.17, 15) is 4.39 Å². The van der Waals surface area contributed by atoms with Crippen LogP contribution in [-0.2, 0) is 0 Å². The topological polar surface area (TPSA) is 0 Å². The molecule has 0 aromatic rings. The van der Waals surface area contributed by atoms with Crippen LogP contribution in [0.1, 0.15) is 84.0 Å². The summed E-state index contributed by atoms with van der Waals surface area (Å²) in [6, 6.07) is 0. The van der Waals surface area contributed by atoms with Gasteiger partial charge in [0.25, 0.3) is 0 Å². The van der Waals surface area contributed by atoms with Gasteiger partial charge in [0.1, 0.15) is 0 Å². The molecule has 0 nitrogen and oxygen atoms in total. The largest absolute Gasteiger partial charge is 0.216 e. The van der Waals surface area contributed by atoms with Gasteiger partial charge in [-0.15, -0.1) is 0 Å². The minimum atomic E-state index is 0.663. The molecule has 0 spiro atoms. The van der Waals surface area contributed by atoms with Crippen molar-refractivity contribution >= 4 is 0 Å². The zero-order chi connectivity index (χ0) is 11.9. The molecule has 0 rings (SSSR count). The third kappa shape index (κ3) is 13.7. The van der Waals surface area contributed by atoms with E-state index in [4.69, 9.17) is 0 Å². The Morgan fingerprint density at radius 1 is 0.688 bits per heavy atom. The van der Waals surface area contributed by atoms with Crippen LogP contribution in [0, 0.1) is 0 Å². The van der Waals surface area contributed by atoms with E-state index in [1.807, 2.05) is 0 Å². The fourth-order valence-corrected chi connectivity index (χ4v) is 1.99. The van der Waals surface area contributed by atoms with Crippen LogP contribution in [0.4, 0.5) is 4.39 Å².